The summed E-state index contributed by atoms with van der Waals surface area (Å²) in [6.45, 7) is 1.32. The fourth-order valence-corrected chi connectivity index (χ4v) is 4.20. The van der Waals surface area contributed by atoms with Crippen molar-refractivity contribution < 1.29 is 14.3 Å². The summed E-state index contributed by atoms with van der Waals surface area (Å²) < 4.78 is 6.45. The highest BCUT2D eigenvalue weighted by molar-refractivity contribution is 5.76. The first-order valence-corrected chi connectivity index (χ1v) is 12.2. The number of aryl methyl sites for hydroxylation is 2. The van der Waals surface area contributed by atoms with Crippen LogP contribution in [-0.2, 0) is 27.2 Å². The predicted molar refractivity (Wildman–Crippen MR) is 133 cm³/mol. The number of methoxy groups -OCH3 is 1. The summed E-state index contributed by atoms with van der Waals surface area (Å²) in [7, 11) is 1.34. The van der Waals surface area contributed by atoms with Crippen molar-refractivity contribution in [2.24, 2.45) is 0 Å². The third-order valence-corrected chi connectivity index (χ3v) is 6.15. The highest BCUT2D eigenvalue weighted by atomic mass is 16.5. The van der Waals surface area contributed by atoms with Crippen molar-refractivity contribution in [2.75, 3.05) is 25.5 Å². The number of carbonyl (C=O) groups excluding carboxylic acids is 2. The lowest BCUT2D eigenvalue weighted by atomic mass is 10.1. The van der Waals surface area contributed by atoms with Gasteiger partial charge in [0.15, 0.2) is 6.04 Å². The largest absolute Gasteiger partial charge is 0.467 e. The number of carbonyl (C=O) groups is 2. The Kier molecular flexibility index (Phi) is 8.43. The van der Waals surface area contributed by atoms with E-state index in [0.29, 0.717) is 25.1 Å². The molecule has 1 atom stereocenters. The number of esters is 1. The van der Waals surface area contributed by atoms with Gasteiger partial charge in [-0.2, -0.15) is 0 Å². The molecular formula is C26H32N6O3. The van der Waals surface area contributed by atoms with E-state index in [9.17, 15) is 9.59 Å². The van der Waals surface area contributed by atoms with Crippen LogP contribution in [0.25, 0.3) is 11.3 Å². The van der Waals surface area contributed by atoms with Gasteiger partial charge in [-0.05, 0) is 50.2 Å². The number of amides is 1. The molecule has 9 nitrogen and oxygen atoms in total. The van der Waals surface area contributed by atoms with Crippen molar-refractivity contribution in [3.05, 3.63) is 59.9 Å². The molecule has 2 aromatic heterocycles. The van der Waals surface area contributed by atoms with Gasteiger partial charge in [-0.15, -0.1) is 5.10 Å². The molecule has 0 aliphatic carbocycles. The van der Waals surface area contributed by atoms with E-state index in [2.05, 4.69) is 33.1 Å². The van der Waals surface area contributed by atoms with Crippen molar-refractivity contribution in [2.45, 2.75) is 51.0 Å². The molecule has 1 unspecified atom stereocenters. The average molecular weight is 477 g/mol. The van der Waals surface area contributed by atoms with E-state index >= 15 is 0 Å². The number of rotatable bonds is 11. The second kappa shape index (κ2) is 12.1. The van der Waals surface area contributed by atoms with Crippen LogP contribution >= 0.6 is 0 Å². The number of fused-ring (bicyclic) bond motifs is 1. The molecule has 0 fully saturated rings. The zero-order valence-corrected chi connectivity index (χ0v) is 20.1. The summed E-state index contributed by atoms with van der Waals surface area (Å²) in [4.78, 5) is 29.3. The van der Waals surface area contributed by atoms with Crippen LogP contribution in [0.2, 0.25) is 0 Å². The van der Waals surface area contributed by atoms with Crippen LogP contribution in [0, 0.1) is 0 Å². The number of unbranched alkanes of at least 4 members (excludes halogenated alkanes) is 1. The Labute approximate surface area is 205 Å². The molecular weight excluding hydrogens is 444 g/mol. The number of pyridine rings is 1. The monoisotopic (exact) mass is 476 g/mol. The number of anilines is 1. The maximum atomic E-state index is 12.3. The third-order valence-electron chi connectivity index (χ3n) is 6.15. The minimum atomic E-state index is -0.658. The lowest BCUT2D eigenvalue weighted by molar-refractivity contribution is -0.145. The summed E-state index contributed by atoms with van der Waals surface area (Å²) in [5, 5.41) is 14.6. The first-order valence-electron chi connectivity index (χ1n) is 12.2. The molecule has 2 N–H and O–H groups in total. The Morgan fingerprint density at radius 3 is 2.86 bits per heavy atom. The maximum absolute atomic E-state index is 12.3. The molecule has 0 saturated carbocycles. The molecule has 4 rings (SSSR count). The topological polar surface area (TPSA) is 111 Å². The third kappa shape index (κ3) is 6.65. The SMILES string of the molecule is COC(=O)C(CCNC(=O)CCCCc1ccc2c(n1)NCCC2)n1cc(-c2ccccc2)nn1. The van der Waals surface area contributed by atoms with Crippen LogP contribution in [0.5, 0.6) is 0 Å². The molecule has 0 bridgehead atoms. The van der Waals surface area contributed by atoms with E-state index < -0.39 is 12.0 Å². The van der Waals surface area contributed by atoms with Crippen molar-refractivity contribution in [1.29, 1.82) is 0 Å². The van der Waals surface area contributed by atoms with E-state index in [0.717, 1.165) is 55.7 Å². The normalized spacial score (nSPS) is 13.4. The Hall–Kier alpha value is -3.75. The predicted octanol–water partition coefficient (Wildman–Crippen LogP) is 3.33. The number of ether oxygens (including phenoxy) is 1. The Bertz CT molecular complexity index is 1130. The number of nitrogens with zero attached hydrogens (tertiary/aromatic N) is 4. The summed E-state index contributed by atoms with van der Waals surface area (Å²) >= 11 is 0. The number of hydrogen-bond acceptors (Lipinski definition) is 7. The molecule has 3 heterocycles. The van der Waals surface area contributed by atoms with E-state index in [4.69, 9.17) is 9.72 Å². The number of nitrogens with one attached hydrogen (secondary N) is 2. The van der Waals surface area contributed by atoms with Crippen molar-refractivity contribution in [3.63, 3.8) is 0 Å². The summed E-state index contributed by atoms with van der Waals surface area (Å²) in [6, 6.07) is 13.2. The minimum absolute atomic E-state index is 0.0303. The van der Waals surface area contributed by atoms with Crippen molar-refractivity contribution in [3.8, 4) is 11.3 Å². The number of aromatic nitrogens is 4. The highest BCUT2D eigenvalue weighted by Gasteiger charge is 2.23. The molecule has 35 heavy (non-hydrogen) atoms. The van der Waals surface area contributed by atoms with Gasteiger partial charge >= 0.3 is 5.97 Å². The molecule has 1 aromatic carbocycles. The maximum Gasteiger partial charge on any atom is 0.330 e. The van der Waals surface area contributed by atoms with E-state index in [1.165, 1.54) is 17.4 Å². The van der Waals surface area contributed by atoms with Crippen LogP contribution in [0.4, 0.5) is 5.82 Å². The van der Waals surface area contributed by atoms with E-state index in [1.54, 1.807) is 6.20 Å². The van der Waals surface area contributed by atoms with Gasteiger partial charge < -0.3 is 15.4 Å². The second-order valence-electron chi connectivity index (χ2n) is 8.68. The molecule has 0 spiro atoms. The van der Waals surface area contributed by atoms with Crippen LogP contribution in [0.15, 0.2) is 48.7 Å². The Morgan fingerprint density at radius 1 is 1.17 bits per heavy atom. The first-order chi connectivity index (χ1) is 17.1. The molecule has 3 aromatic rings. The van der Waals surface area contributed by atoms with Crippen molar-refractivity contribution >= 4 is 17.7 Å². The molecule has 1 aliphatic heterocycles. The molecule has 184 valence electrons. The average Bonchev–Trinajstić information content (AvgIpc) is 3.39. The molecule has 0 radical (unpaired) electrons. The Morgan fingerprint density at radius 2 is 2.03 bits per heavy atom. The fraction of sp³-hybridized carbons (Fsp3) is 0.423. The van der Waals surface area contributed by atoms with Gasteiger partial charge in [-0.1, -0.05) is 41.6 Å². The van der Waals surface area contributed by atoms with Gasteiger partial charge in [0.1, 0.15) is 11.5 Å². The summed E-state index contributed by atoms with van der Waals surface area (Å²) in [5.74, 6) is 0.558. The zero-order chi connectivity index (χ0) is 24.5. The quantitative estimate of drug-likeness (QED) is 0.323. The van der Waals surface area contributed by atoms with Crippen LogP contribution in [-0.4, -0.2) is 52.1 Å². The van der Waals surface area contributed by atoms with Gasteiger partial charge in [0.2, 0.25) is 5.91 Å². The fourth-order valence-electron chi connectivity index (χ4n) is 4.20. The van der Waals surface area contributed by atoms with Gasteiger partial charge in [0.05, 0.1) is 13.3 Å². The van der Waals surface area contributed by atoms with Gasteiger partial charge in [0.25, 0.3) is 0 Å². The highest BCUT2D eigenvalue weighted by Crippen LogP contribution is 2.21. The van der Waals surface area contributed by atoms with Crippen LogP contribution < -0.4 is 10.6 Å². The van der Waals surface area contributed by atoms with E-state index in [1.807, 2.05) is 30.3 Å². The standard InChI is InChI=1S/C26H32N6O3/c1-35-26(34)23(32-18-22(30-31-32)19-8-3-2-4-9-19)15-17-27-24(33)12-6-5-11-21-14-13-20-10-7-16-28-25(20)29-21/h2-4,8-9,13-14,18,23H,5-7,10-12,15-17H2,1H3,(H,27,33)(H,28,29). The first kappa shape index (κ1) is 24.4. The van der Waals surface area contributed by atoms with Gasteiger partial charge in [-0.25, -0.2) is 14.5 Å². The van der Waals surface area contributed by atoms with E-state index in [-0.39, 0.29) is 5.91 Å². The van der Waals surface area contributed by atoms with Crippen LogP contribution in [0.1, 0.15) is 49.4 Å². The lowest BCUT2D eigenvalue weighted by Gasteiger charge is -2.17. The molecule has 0 saturated heterocycles. The van der Waals surface area contributed by atoms with Crippen LogP contribution in [0.3, 0.4) is 0 Å². The summed E-state index contributed by atoms with van der Waals surface area (Å²) in [6.07, 6.45) is 7.28. The molecule has 9 heteroatoms. The molecule has 1 aliphatic rings. The minimum Gasteiger partial charge on any atom is -0.467 e. The lowest BCUT2D eigenvalue weighted by Crippen LogP contribution is -2.29. The van der Waals surface area contributed by atoms with Gasteiger partial charge in [0, 0.05) is 30.8 Å². The van der Waals surface area contributed by atoms with Gasteiger partial charge in [-0.3, -0.25) is 4.79 Å². The second-order valence-corrected chi connectivity index (χ2v) is 8.68. The number of hydrogen-bond donors (Lipinski definition) is 2. The van der Waals surface area contributed by atoms with Crippen molar-refractivity contribution in [1.82, 2.24) is 25.3 Å². The zero-order valence-electron chi connectivity index (χ0n) is 20.1. The molecule has 1 amide bonds. The Balaban J connectivity index is 1.20. The smallest absolute Gasteiger partial charge is 0.330 e. The summed E-state index contributed by atoms with van der Waals surface area (Å²) in [5.41, 5.74) is 3.93. The number of benzene rings is 1.